The fourth-order valence-electron chi connectivity index (χ4n) is 3.21. The van der Waals surface area contributed by atoms with Crippen LogP contribution in [-0.2, 0) is 0 Å². The van der Waals surface area contributed by atoms with Crippen molar-refractivity contribution < 1.29 is 14.2 Å². The van der Waals surface area contributed by atoms with E-state index in [0.29, 0.717) is 11.7 Å². The molecule has 0 bridgehead atoms. The van der Waals surface area contributed by atoms with E-state index in [2.05, 4.69) is 25.1 Å². The van der Waals surface area contributed by atoms with Crippen molar-refractivity contribution in [2.45, 2.75) is 51.4 Å². The van der Waals surface area contributed by atoms with Crippen LogP contribution in [0.2, 0.25) is 0 Å². The molecular weight excluding hydrogens is 276 g/mol. The quantitative estimate of drug-likeness (QED) is 0.588. The number of ether oxygens (including phenoxy) is 3. The number of rotatable bonds is 9. The molecule has 2 rings (SSSR count). The molecule has 3 heteroatoms. The number of allylic oxidation sites excluding steroid dienone is 1. The fraction of sp³-hybridized carbons (Fsp3) is 0.579. The molecule has 0 amide bonds. The zero-order chi connectivity index (χ0) is 15.9. The van der Waals surface area contributed by atoms with Crippen LogP contribution in [0, 0.1) is 0 Å². The Bertz CT molecular complexity index is 520. The highest BCUT2D eigenvalue weighted by Crippen LogP contribution is 2.48. The normalized spacial score (nSPS) is 15.7. The summed E-state index contributed by atoms with van der Waals surface area (Å²) in [4.78, 5) is 0. The van der Waals surface area contributed by atoms with Crippen LogP contribution in [0.1, 0.15) is 62.5 Å². The number of unbranched alkanes of at least 4 members (excludes halogenated alkanes) is 4. The van der Waals surface area contributed by atoms with E-state index in [9.17, 15) is 0 Å². The van der Waals surface area contributed by atoms with Crippen molar-refractivity contribution in [3.63, 3.8) is 0 Å². The summed E-state index contributed by atoms with van der Waals surface area (Å²) in [5.41, 5.74) is 2.43. The summed E-state index contributed by atoms with van der Waals surface area (Å²) in [5.74, 6) is 2.67. The molecule has 0 saturated carbocycles. The first-order valence-electron chi connectivity index (χ1n) is 8.27. The molecule has 122 valence electrons. The highest BCUT2D eigenvalue weighted by Gasteiger charge is 2.26. The molecule has 1 aliphatic carbocycles. The number of hydrogen-bond donors (Lipinski definition) is 0. The van der Waals surface area contributed by atoms with Gasteiger partial charge >= 0.3 is 0 Å². The van der Waals surface area contributed by atoms with Crippen molar-refractivity contribution in [2.75, 3.05) is 21.3 Å². The van der Waals surface area contributed by atoms with Gasteiger partial charge in [0.2, 0.25) is 5.75 Å². The largest absolute Gasteiger partial charge is 0.493 e. The predicted octanol–water partition coefficient (Wildman–Crippen LogP) is 5.18. The van der Waals surface area contributed by atoms with E-state index in [1.807, 2.05) is 0 Å². The minimum absolute atomic E-state index is 0.463. The Balaban J connectivity index is 2.15. The van der Waals surface area contributed by atoms with E-state index < -0.39 is 0 Å². The highest BCUT2D eigenvalue weighted by molar-refractivity contribution is 5.74. The lowest BCUT2D eigenvalue weighted by Crippen LogP contribution is -2.01. The van der Waals surface area contributed by atoms with Gasteiger partial charge in [0.1, 0.15) is 0 Å². The molecular formula is C19H28O3. The molecule has 1 aromatic carbocycles. The standard InChI is InChI=1S/C19H28O3/c1-5-6-7-8-9-10-14-11-12-15-16(14)13-17(20-2)19(22-4)18(15)21-3/h11-14H,5-10H2,1-4H3. The van der Waals surface area contributed by atoms with E-state index in [0.717, 1.165) is 17.1 Å². The van der Waals surface area contributed by atoms with Crippen LogP contribution in [0.15, 0.2) is 12.1 Å². The molecule has 0 saturated heterocycles. The molecule has 3 nitrogen and oxygen atoms in total. The van der Waals surface area contributed by atoms with Gasteiger partial charge in [-0.05, 0) is 18.1 Å². The summed E-state index contributed by atoms with van der Waals surface area (Å²) < 4.78 is 16.5. The average molecular weight is 304 g/mol. The van der Waals surface area contributed by atoms with Crippen LogP contribution >= 0.6 is 0 Å². The van der Waals surface area contributed by atoms with Crippen molar-refractivity contribution in [1.82, 2.24) is 0 Å². The van der Waals surface area contributed by atoms with Gasteiger partial charge in [0.15, 0.2) is 11.5 Å². The Morgan fingerprint density at radius 3 is 2.27 bits per heavy atom. The number of methoxy groups -OCH3 is 3. The third-order valence-electron chi connectivity index (χ3n) is 4.41. The van der Waals surface area contributed by atoms with Gasteiger partial charge < -0.3 is 14.2 Å². The van der Waals surface area contributed by atoms with Crippen LogP contribution in [-0.4, -0.2) is 21.3 Å². The Morgan fingerprint density at radius 2 is 1.64 bits per heavy atom. The summed E-state index contributed by atoms with van der Waals surface area (Å²) in [7, 11) is 5.01. The van der Waals surface area contributed by atoms with E-state index in [-0.39, 0.29) is 0 Å². The molecule has 22 heavy (non-hydrogen) atoms. The van der Waals surface area contributed by atoms with Gasteiger partial charge in [-0.25, -0.2) is 0 Å². The summed E-state index contributed by atoms with van der Waals surface area (Å²) >= 11 is 0. The smallest absolute Gasteiger partial charge is 0.203 e. The lowest BCUT2D eigenvalue weighted by atomic mass is 9.93. The topological polar surface area (TPSA) is 27.7 Å². The highest BCUT2D eigenvalue weighted by atomic mass is 16.5. The van der Waals surface area contributed by atoms with E-state index >= 15 is 0 Å². The molecule has 0 aromatic heterocycles. The van der Waals surface area contributed by atoms with Gasteiger partial charge in [0.05, 0.1) is 21.3 Å². The number of fused-ring (bicyclic) bond motifs is 1. The summed E-state index contributed by atoms with van der Waals surface area (Å²) in [6.45, 7) is 2.25. The molecule has 0 fully saturated rings. The first-order valence-corrected chi connectivity index (χ1v) is 8.27. The Labute approximate surface area is 134 Å². The van der Waals surface area contributed by atoms with Crippen molar-refractivity contribution in [1.29, 1.82) is 0 Å². The van der Waals surface area contributed by atoms with Crippen molar-refractivity contribution in [3.8, 4) is 17.2 Å². The van der Waals surface area contributed by atoms with Gasteiger partial charge in [0, 0.05) is 11.5 Å². The number of hydrogen-bond acceptors (Lipinski definition) is 3. The maximum atomic E-state index is 5.57. The summed E-state index contributed by atoms with van der Waals surface area (Å²) in [6, 6.07) is 2.10. The monoisotopic (exact) mass is 304 g/mol. The first kappa shape index (κ1) is 16.7. The maximum absolute atomic E-state index is 5.57. The minimum atomic E-state index is 0.463. The fourth-order valence-corrected chi connectivity index (χ4v) is 3.21. The molecule has 0 spiro atoms. The van der Waals surface area contributed by atoms with Crippen molar-refractivity contribution >= 4 is 6.08 Å². The average Bonchev–Trinajstić information content (AvgIpc) is 2.95. The molecule has 0 aliphatic heterocycles. The Hall–Kier alpha value is -1.64. The maximum Gasteiger partial charge on any atom is 0.203 e. The van der Waals surface area contributed by atoms with Gasteiger partial charge in [-0.2, -0.15) is 0 Å². The molecule has 1 aromatic rings. The summed E-state index contributed by atoms with van der Waals surface area (Å²) in [6.07, 6.45) is 12.2. The Kier molecular flexibility index (Phi) is 6.17. The lowest BCUT2D eigenvalue weighted by molar-refractivity contribution is 0.323. The molecule has 1 aliphatic rings. The van der Waals surface area contributed by atoms with Crippen molar-refractivity contribution in [3.05, 3.63) is 23.3 Å². The molecule has 0 heterocycles. The van der Waals surface area contributed by atoms with E-state index in [1.54, 1.807) is 21.3 Å². The van der Waals surface area contributed by atoms with Gasteiger partial charge in [0.25, 0.3) is 0 Å². The van der Waals surface area contributed by atoms with Gasteiger partial charge in [-0.1, -0.05) is 51.2 Å². The third-order valence-corrected chi connectivity index (χ3v) is 4.41. The van der Waals surface area contributed by atoms with Gasteiger partial charge in [-0.3, -0.25) is 0 Å². The van der Waals surface area contributed by atoms with Crippen LogP contribution < -0.4 is 14.2 Å². The summed E-state index contributed by atoms with van der Waals surface area (Å²) in [5, 5.41) is 0. The van der Waals surface area contributed by atoms with E-state index in [1.165, 1.54) is 44.1 Å². The van der Waals surface area contributed by atoms with Gasteiger partial charge in [-0.15, -0.1) is 0 Å². The van der Waals surface area contributed by atoms with Crippen LogP contribution in [0.4, 0.5) is 0 Å². The molecule has 1 unspecified atom stereocenters. The van der Waals surface area contributed by atoms with Crippen molar-refractivity contribution in [2.24, 2.45) is 0 Å². The zero-order valence-electron chi connectivity index (χ0n) is 14.3. The molecule has 0 radical (unpaired) electrons. The second-order valence-electron chi connectivity index (χ2n) is 5.82. The van der Waals surface area contributed by atoms with Crippen LogP contribution in [0.25, 0.3) is 6.08 Å². The predicted molar refractivity (Wildman–Crippen MR) is 91.2 cm³/mol. The SMILES string of the molecule is CCCCCCCC1C=Cc2c1cc(OC)c(OC)c2OC. The first-order chi connectivity index (χ1) is 10.8. The lowest BCUT2D eigenvalue weighted by Gasteiger charge is -2.18. The molecule has 1 atom stereocenters. The second-order valence-corrected chi connectivity index (χ2v) is 5.82. The van der Waals surface area contributed by atoms with E-state index in [4.69, 9.17) is 14.2 Å². The number of benzene rings is 1. The third kappa shape index (κ3) is 3.40. The zero-order valence-corrected chi connectivity index (χ0v) is 14.3. The second kappa shape index (κ2) is 8.11. The van der Waals surface area contributed by atoms with Crippen LogP contribution in [0.3, 0.4) is 0 Å². The van der Waals surface area contributed by atoms with Crippen LogP contribution in [0.5, 0.6) is 17.2 Å². The Morgan fingerprint density at radius 1 is 0.909 bits per heavy atom. The molecule has 0 N–H and O–H groups in total. The minimum Gasteiger partial charge on any atom is -0.493 e.